The van der Waals surface area contributed by atoms with Gasteiger partial charge in [-0.1, -0.05) is 18.2 Å². The number of carbonyl (C=O) groups is 2. The lowest BCUT2D eigenvalue weighted by atomic mass is 9.84. The quantitative estimate of drug-likeness (QED) is 0.722. The summed E-state index contributed by atoms with van der Waals surface area (Å²) in [6, 6.07) is 15.7. The Hall–Kier alpha value is -3.12. The first-order chi connectivity index (χ1) is 14.6. The van der Waals surface area contributed by atoms with Gasteiger partial charge in [-0.05, 0) is 48.7 Å². The van der Waals surface area contributed by atoms with Crippen LogP contribution in [0.3, 0.4) is 0 Å². The summed E-state index contributed by atoms with van der Waals surface area (Å²) in [4.78, 5) is 28.1. The topological polar surface area (TPSA) is 63.6 Å². The van der Waals surface area contributed by atoms with Gasteiger partial charge >= 0.3 is 0 Å². The second kappa shape index (κ2) is 7.29. The van der Waals surface area contributed by atoms with E-state index in [2.05, 4.69) is 9.88 Å². The van der Waals surface area contributed by atoms with Crippen LogP contribution in [0.4, 0.5) is 5.69 Å². The summed E-state index contributed by atoms with van der Waals surface area (Å²) in [6.07, 6.45) is 3.60. The number of amides is 2. The summed E-state index contributed by atoms with van der Waals surface area (Å²) < 4.78 is 7.63. The van der Waals surface area contributed by atoms with Crippen LogP contribution in [0, 0.1) is 0 Å². The summed E-state index contributed by atoms with van der Waals surface area (Å²) in [6.45, 7) is 1.67. The molecule has 5 rings (SSSR count). The average Bonchev–Trinajstić information content (AvgIpc) is 3.29. The van der Waals surface area contributed by atoms with Crippen LogP contribution in [-0.4, -0.2) is 40.0 Å². The van der Waals surface area contributed by atoms with Crippen molar-refractivity contribution in [3.05, 3.63) is 65.9 Å². The zero-order valence-electron chi connectivity index (χ0n) is 17.1. The van der Waals surface area contributed by atoms with Crippen molar-refractivity contribution >= 4 is 28.4 Å². The lowest BCUT2D eigenvalue weighted by molar-refractivity contribution is -0.120. The molecule has 2 aliphatic rings. The molecule has 0 radical (unpaired) electrons. The van der Waals surface area contributed by atoms with Gasteiger partial charge in [-0.3, -0.25) is 9.59 Å². The predicted octanol–water partition coefficient (Wildman–Crippen LogP) is 3.71. The summed E-state index contributed by atoms with van der Waals surface area (Å²) in [5, 5.41) is 4.13. The third kappa shape index (κ3) is 3.17. The molecule has 0 unspecified atom stereocenters. The first-order valence-corrected chi connectivity index (χ1v) is 10.4. The zero-order chi connectivity index (χ0) is 20.7. The average molecular weight is 403 g/mol. The molecule has 6 heteroatoms. The standard InChI is InChI=1S/C24H25N3O3/c1-26-11-8-17-14-19(6-7-21(17)26)25-22(28)15-24(9-12-30-13-10-24)27-16-18-4-2-3-5-20(18)23(27)29/h2-8,11,14H,9-10,12-13,15-16H2,1H3,(H,25,28). The fourth-order valence-corrected chi connectivity index (χ4v) is 4.79. The SMILES string of the molecule is Cn1ccc2cc(NC(=O)CC3(N4Cc5ccccc5C4=O)CCOCC3)ccc21. The minimum Gasteiger partial charge on any atom is -0.381 e. The molecule has 154 valence electrons. The summed E-state index contributed by atoms with van der Waals surface area (Å²) >= 11 is 0. The largest absolute Gasteiger partial charge is 0.381 e. The van der Waals surface area contributed by atoms with Crippen LogP contribution in [0.2, 0.25) is 0 Å². The number of aryl methyl sites for hydroxylation is 1. The molecule has 0 saturated carbocycles. The second-order valence-electron chi connectivity index (χ2n) is 8.31. The van der Waals surface area contributed by atoms with Crippen molar-refractivity contribution in [1.82, 2.24) is 9.47 Å². The molecule has 2 aromatic carbocycles. The molecule has 0 atom stereocenters. The second-order valence-corrected chi connectivity index (χ2v) is 8.31. The highest BCUT2D eigenvalue weighted by Crippen LogP contribution is 2.38. The molecule has 1 saturated heterocycles. The molecule has 1 aromatic heterocycles. The molecule has 0 spiro atoms. The van der Waals surface area contributed by atoms with Gasteiger partial charge in [-0.15, -0.1) is 0 Å². The van der Waals surface area contributed by atoms with Gasteiger partial charge in [0.05, 0.1) is 12.0 Å². The maximum absolute atomic E-state index is 13.1. The number of rotatable bonds is 4. The number of carbonyl (C=O) groups excluding carboxylic acids is 2. The summed E-state index contributed by atoms with van der Waals surface area (Å²) in [5.74, 6) is -0.0538. The van der Waals surface area contributed by atoms with Crippen LogP contribution in [-0.2, 0) is 23.1 Å². The van der Waals surface area contributed by atoms with Crippen LogP contribution < -0.4 is 5.32 Å². The third-order valence-corrected chi connectivity index (χ3v) is 6.48. The molecule has 0 bridgehead atoms. The Kier molecular flexibility index (Phi) is 4.59. The molecule has 0 aliphatic carbocycles. The van der Waals surface area contributed by atoms with Crippen molar-refractivity contribution in [3.8, 4) is 0 Å². The van der Waals surface area contributed by atoms with Crippen molar-refractivity contribution in [3.63, 3.8) is 0 Å². The monoisotopic (exact) mass is 403 g/mol. The van der Waals surface area contributed by atoms with Gasteiger partial charge in [0, 0.05) is 55.2 Å². The smallest absolute Gasteiger partial charge is 0.254 e. The minimum absolute atomic E-state index is 0.0194. The molecule has 1 N–H and O–H groups in total. The highest BCUT2D eigenvalue weighted by Gasteiger charge is 2.46. The van der Waals surface area contributed by atoms with Crippen molar-refractivity contribution in [2.24, 2.45) is 7.05 Å². The Bertz CT molecular complexity index is 1130. The fraction of sp³-hybridized carbons (Fsp3) is 0.333. The van der Waals surface area contributed by atoms with Crippen molar-refractivity contribution < 1.29 is 14.3 Å². The zero-order valence-corrected chi connectivity index (χ0v) is 17.1. The van der Waals surface area contributed by atoms with Crippen LogP contribution in [0.5, 0.6) is 0 Å². The Labute approximate surface area is 175 Å². The van der Waals surface area contributed by atoms with Crippen LogP contribution in [0.25, 0.3) is 10.9 Å². The van der Waals surface area contributed by atoms with Crippen LogP contribution in [0.15, 0.2) is 54.7 Å². The Morgan fingerprint density at radius 1 is 1.13 bits per heavy atom. The number of hydrogen-bond acceptors (Lipinski definition) is 3. The van der Waals surface area contributed by atoms with Gasteiger partial charge in [-0.25, -0.2) is 0 Å². The molecule has 3 heterocycles. The minimum atomic E-state index is -0.519. The maximum atomic E-state index is 13.1. The van der Waals surface area contributed by atoms with E-state index in [4.69, 9.17) is 4.74 Å². The molecular formula is C24H25N3O3. The van der Waals surface area contributed by atoms with E-state index in [1.54, 1.807) is 0 Å². The molecule has 3 aromatic rings. The summed E-state index contributed by atoms with van der Waals surface area (Å²) in [7, 11) is 2.00. The van der Waals surface area contributed by atoms with Crippen molar-refractivity contribution in [2.75, 3.05) is 18.5 Å². The lowest BCUT2D eigenvalue weighted by Crippen LogP contribution is -2.54. The van der Waals surface area contributed by atoms with Gasteiger partial charge in [-0.2, -0.15) is 0 Å². The number of anilines is 1. The molecular weight excluding hydrogens is 378 g/mol. The molecule has 30 heavy (non-hydrogen) atoms. The van der Waals surface area contributed by atoms with Crippen LogP contribution in [0.1, 0.15) is 35.2 Å². The normalized spacial score (nSPS) is 17.9. The molecule has 6 nitrogen and oxygen atoms in total. The Morgan fingerprint density at radius 3 is 2.73 bits per heavy atom. The van der Waals surface area contributed by atoms with E-state index in [9.17, 15) is 9.59 Å². The van der Waals surface area contributed by atoms with Gasteiger partial charge < -0.3 is 19.5 Å². The highest BCUT2D eigenvalue weighted by atomic mass is 16.5. The predicted molar refractivity (Wildman–Crippen MR) is 115 cm³/mol. The lowest BCUT2D eigenvalue weighted by Gasteiger charge is -2.44. The number of hydrogen-bond donors (Lipinski definition) is 1. The van der Waals surface area contributed by atoms with Gasteiger partial charge in [0.1, 0.15) is 0 Å². The molecule has 1 fully saturated rings. The van der Waals surface area contributed by atoms with Gasteiger partial charge in [0.25, 0.3) is 5.91 Å². The van der Waals surface area contributed by atoms with Crippen LogP contribution >= 0.6 is 0 Å². The number of ether oxygens (including phenoxy) is 1. The first kappa shape index (κ1) is 18.9. The number of aromatic nitrogens is 1. The molecule has 2 aliphatic heterocycles. The third-order valence-electron chi connectivity index (χ3n) is 6.48. The van der Waals surface area contributed by atoms with E-state index in [1.165, 1.54) is 0 Å². The van der Waals surface area contributed by atoms with E-state index in [1.807, 2.05) is 66.7 Å². The van der Waals surface area contributed by atoms with Crippen molar-refractivity contribution in [1.29, 1.82) is 0 Å². The number of nitrogens with one attached hydrogen (secondary N) is 1. The number of fused-ring (bicyclic) bond motifs is 2. The molecule has 2 amide bonds. The Balaban J connectivity index is 1.38. The Morgan fingerprint density at radius 2 is 1.93 bits per heavy atom. The van der Waals surface area contributed by atoms with E-state index < -0.39 is 5.54 Å². The van der Waals surface area contributed by atoms with Crippen molar-refractivity contribution in [2.45, 2.75) is 31.3 Å². The van der Waals surface area contributed by atoms with E-state index >= 15 is 0 Å². The van der Waals surface area contributed by atoms with Gasteiger partial charge in [0.15, 0.2) is 0 Å². The number of benzene rings is 2. The van der Waals surface area contributed by atoms with E-state index in [0.29, 0.717) is 32.6 Å². The summed E-state index contributed by atoms with van der Waals surface area (Å²) in [5.41, 5.74) is 3.16. The highest BCUT2D eigenvalue weighted by molar-refractivity contribution is 6.00. The van der Waals surface area contributed by atoms with E-state index in [0.717, 1.165) is 27.7 Å². The fourth-order valence-electron chi connectivity index (χ4n) is 4.79. The maximum Gasteiger partial charge on any atom is 0.254 e. The number of nitrogens with zero attached hydrogens (tertiary/aromatic N) is 2. The first-order valence-electron chi connectivity index (χ1n) is 10.4. The van der Waals surface area contributed by atoms with E-state index in [-0.39, 0.29) is 18.2 Å². The van der Waals surface area contributed by atoms with Gasteiger partial charge in [0.2, 0.25) is 5.91 Å².